The summed E-state index contributed by atoms with van der Waals surface area (Å²) in [6, 6.07) is 4.15. The summed E-state index contributed by atoms with van der Waals surface area (Å²) in [5, 5.41) is 15.8. The Hall–Kier alpha value is -1.64. The van der Waals surface area contributed by atoms with Crippen LogP contribution in [0.25, 0.3) is 0 Å². The van der Waals surface area contributed by atoms with Crippen molar-refractivity contribution >= 4 is 5.82 Å². The van der Waals surface area contributed by atoms with Gasteiger partial charge in [0.1, 0.15) is 11.9 Å². The van der Waals surface area contributed by atoms with Crippen LogP contribution < -0.4 is 10.6 Å². The van der Waals surface area contributed by atoms with Crippen molar-refractivity contribution in [2.45, 2.75) is 13.8 Å². The number of nitriles is 1. The van der Waals surface area contributed by atoms with E-state index in [-0.39, 0.29) is 0 Å². The number of aromatic nitrogens is 1. The third-order valence-electron chi connectivity index (χ3n) is 3.22. The van der Waals surface area contributed by atoms with Crippen molar-refractivity contribution in [3.63, 3.8) is 0 Å². The van der Waals surface area contributed by atoms with Crippen molar-refractivity contribution in [3.05, 3.63) is 22.9 Å². The Bertz CT molecular complexity index is 473. The standard InChI is InChI=1S/C14H20N4O/c1-10-5-11(2)18-14(13(10)6-15)17-8-12-7-16-3-4-19-9-12/h5,12,16H,3-4,7-9H2,1-2H3,(H,17,18). The molecule has 5 heteroatoms. The number of hydrogen-bond acceptors (Lipinski definition) is 5. The Morgan fingerprint density at radius 2 is 2.42 bits per heavy atom. The second kappa shape index (κ2) is 6.50. The minimum atomic E-state index is 0.400. The highest BCUT2D eigenvalue weighted by Crippen LogP contribution is 2.18. The van der Waals surface area contributed by atoms with Gasteiger partial charge in [-0.15, -0.1) is 0 Å². The minimum absolute atomic E-state index is 0.400. The van der Waals surface area contributed by atoms with Crippen LogP contribution in [0.1, 0.15) is 16.8 Å². The summed E-state index contributed by atoms with van der Waals surface area (Å²) < 4.78 is 5.51. The maximum atomic E-state index is 9.21. The summed E-state index contributed by atoms with van der Waals surface area (Å²) in [6.45, 7) is 7.98. The molecule has 1 fully saturated rings. The maximum Gasteiger partial charge on any atom is 0.144 e. The van der Waals surface area contributed by atoms with Gasteiger partial charge in [0.25, 0.3) is 0 Å². The van der Waals surface area contributed by atoms with Gasteiger partial charge < -0.3 is 15.4 Å². The summed E-state index contributed by atoms with van der Waals surface area (Å²) in [6.07, 6.45) is 0. The van der Waals surface area contributed by atoms with Crippen molar-refractivity contribution in [1.29, 1.82) is 5.26 Å². The van der Waals surface area contributed by atoms with E-state index in [4.69, 9.17) is 4.74 Å². The smallest absolute Gasteiger partial charge is 0.144 e. The van der Waals surface area contributed by atoms with Crippen LogP contribution in [0.3, 0.4) is 0 Å². The van der Waals surface area contributed by atoms with E-state index in [9.17, 15) is 5.26 Å². The second-order valence-corrected chi connectivity index (χ2v) is 4.94. The van der Waals surface area contributed by atoms with Crippen molar-refractivity contribution in [3.8, 4) is 6.07 Å². The van der Waals surface area contributed by atoms with Gasteiger partial charge in [0.2, 0.25) is 0 Å². The first kappa shape index (κ1) is 13.8. The molecule has 0 aliphatic carbocycles. The average Bonchev–Trinajstić information content (AvgIpc) is 2.64. The van der Waals surface area contributed by atoms with E-state index in [0.717, 1.165) is 44.1 Å². The fourth-order valence-electron chi connectivity index (χ4n) is 2.24. The number of anilines is 1. The van der Waals surface area contributed by atoms with Crippen LogP contribution in [-0.2, 0) is 4.74 Å². The molecular formula is C14H20N4O. The summed E-state index contributed by atoms with van der Waals surface area (Å²) in [5.74, 6) is 1.08. The zero-order valence-corrected chi connectivity index (χ0v) is 11.5. The van der Waals surface area contributed by atoms with Gasteiger partial charge in [-0.1, -0.05) is 0 Å². The van der Waals surface area contributed by atoms with E-state index < -0.39 is 0 Å². The molecule has 1 aromatic heterocycles. The third kappa shape index (κ3) is 3.66. The molecule has 2 heterocycles. The topological polar surface area (TPSA) is 70.0 Å². The summed E-state index contributed by atoms with van der Waals surface area (Å²) in [4.78, 5) is 4.42. The van der Waals surface area contributed by atoms with Gasteiger partial charge in [0.15, 0.2) is 0 Å². The number of nitrogens with zero attached hydrogens (tertiary/aromatic N) is 2. The Morgan fingerprint density at radius 3 is 3.21 bits per heavy atom. The van der Waals surface area contributed by atoms with Crippen molar-refractivity contribution in [1.82, 2.24) is 10.3 Å². The molecule has 1 aliphatic heterocycles. The van der Waals surface area contributed by atoms with Crippen LogP contribution in [0.5, 0.6) is 0 Å². The molecule has 2 rings (SSSR count). The molecule has 0 spiro atoms. The normalized spacial score (nSPS) is 19.5. The molecule has 1 aliphatic rings. The van der Waals surface area contributed by atoms with Crippen molar-refractivity contribution < 1.29 is 4.74 Å². The highest BCUT2D eigenvalue weighted by molar-refractivity contribution is 5.56. The lowest BCUT2D eigenvalue weighted by Gasteiger charge is -2.16. The molecule has 0 saturated carbocycles. The first-order valence-corrected chi connectivity index (χ1v) is 6.61. The van der Waals surface area contributed by atoms with Gasteiger partial charge in [-0.3, -0.25) is 0 Å². The lowest BCUT2D eigenvalue weighted by molar-refractivity contribution is 0.127. The first-order valence-electron chi connectivity index (χ1n) is 6.61. The molecule has 102 valence electrons. The lowest BCUT2D eigenvalue weighted by Crippen LogP contribution is -2.28. The monoisotopic (exact) mass is 260 g/mol. The molecule has 0 amide bonds. The summed E-state index contributed by atoms with van der Waals surface area (Å²) in [7, 11) is 0. The predicted molar refractivity (Wildman–Crippen MR) is 74.1 cm³/mol. The average molecular weight is 260 g/mol. The number of ether oxygens (including phenoxy) is 1. The molecule has 0 bridgehead atoms. The molecule has 0 radical (unpaired) electrons. The Labute approximate surface area is 114 Å². The van der Waals surface area contributed by atoms with E-state index >= 15 is 0 Å². The molecule has 1 atom stereocenters. The molecule has 2 N–H and O–H groups in total. The van der Waals surface area contributed by atoms with Crippen LogP contribution in [0.15, 0.2) is 6.07 Å². The zero-order chi connectivity index (χ0) is 13.7. The molecule has 5 nitrogen and oxygen atoms in total. The zero-order valence-electron chi connectivity index (χ0n) is 11.5. The predicted octanol–water partition coefficient (Wildman–Crippen LogP) is 1.22. The van der Waals surface area contributed by atoms with E-state index in [0.29, 0.717) is 17.3 Å². The number of hydrogen-bond donors (Lipinski definition) is 2. The Kier molecular flexibility index (Phi) is 4.72. The Morgan fingerprint density at radius 1 is 1.58 bits per heavy atom. The molecule has 1 aromatic rings. The molecule has 1 saturated heterocycles. The Balaban J connectivity index is 2.04. The largest absolute Gasteiger partial charge is 0.380 e. The molecular weight excluding hydrogens is 240 g/mol. The van der Waals surface area contributed by atoms with Crippen molar-refractivity contribution in [2.24, 2.45) is 5.92 Å². The van der Waals surface area contributed by atoms with E-state index in [1.807, 2.05) is 19.9 Å². The molecule has 1 unspecified atom stereocenters. The highest BCUT2D eigenvalue weighted by Gasteiger charge is 2.14. The fourth-order valence-corrected chi connectivity index (χ4v) is 2.24. The van der Waals surface area contributed by atoms with Gasteiger partial charge in [-0.25, -0.2) is 4.98 Å². The van der Waals surface area contributed by atoms with Crippen molar-refractivity contribution in [2.75, 3.05) is 38.2 Å². The number of pyridine rings is 1. The quantitative estimate of drug-likeness (QED) is 0.855. The summed E-state index contributed by atoms with van der Waals surface area (Å²) in [5.41, 5.74) is 2.52. The fraction of sp³-hybridized carbons (Fsp3) is 0.571. The number of rotatable bonds is 3. The van der Waals surface area contributed by atoms with E-state index in [1.54, 1.807) is 0 Å². The SMILES string of the molecule is Cc1cc(C)c(C#N)c(NCC2CNCCOC2)n1. The van der Waals surface area contributed by atoms with Crippen LogP contribution in [0.2, 0.25) is 0 Å². The number of nitrogens with one attached hydrogen (secondary N) is 2. The van der Waals surface area contributed by atoms with Gasteiger partial charge in [-0.05, 0) is 25.5 Å². The maximum absolute atomic E-state index is 9.21. The molecule has 0 aromatic carbocycles. The highest BCUT2D eigenvalue weighted by atomic mass is 16.5. The number of aryl methyl sites for hydroxylation is 2. The van der Waals surface area contributed by atoms with Gasteiger partial charge in [0, 0.05) is 31.2 Å². The summed E-state index contributed by atoms with van der Waals surface area (Å²) >= 11 is 0. The van der Waals surface area contributed by atoms with Crippen LogP contribution in [0.4, 0.5) is 5.82 Å². The van der Waals surface area contributed by atoms with Crippen LogP contribution in [-0.4, -0.2) is 37.8 Å². The second-order valence-electron chi connectivity index (χ2n) is 4.94. The minimum Gasteiger partial charge on any atom is -0.380 e. The van der Waals surface area contributed by atoms with Crippen LogP contribution >= 0.6 is 0 Å². The first-order chi connectivity index (χ1) is 9.20. The lowest BCUT2D eigenvalue weighted by atomic mass is 10.1. The van der Waals surface area contributed by atoms with E-state index in [1.165, 1.54) is 0 Å². The van der Waals surface area contributed by atoms with E-state index in [2.05, 4.69) is 21.7 Å². The van der Waals surface area contributed by atoms with Gasteiger partial charge in [-0.2, -0.15) is 5.26 Å². The third-order valence-corrected chi connectivity index (χ3v) is 3.22. The van der Waals surface area contributed by atoms with Gasteiger partial charge in [0.05, 0.1) is 18.8 Å². The van der Waals surface area contributed by atoms with Gasteiger partial charge >= 0.3 is 0 Å². The van der Waals surface area contributed by atoms with Crippen LogP contribution in [0, 0.1) is 31.1 Å². The molecule has 19 heavy (non-hydrogen) atoms.